The van der Waals surface area contributed by atoms with Crippen LogP contribution in [0.3, 0.4) is 0 Å². The molecule has 0 saturated heterocycles. The first-order valence-electron chi connectivity index (χ1n) is 5.52. The summed E-state index contributed by atoms with van der Waals surface area (Å²) in [5, 5.41) is -0.0193. The summed E-state index contributed by atoms with van der Waals surface area (Å²) in [4.78, 5) is 0. The molecule has 2 radical (unpaired) electrons. The Hall–Kier alpha value is 0.662. The van der Waals surface area contributed by atoms with E-state index in [0.29, 0.717) is 5.92 Å². The van der Waals surface area contributed by atoms with Gasteiger partial charge in [-0.05, 0) is 30.6 Å². The van der Waals surface area contributed by atoms with Gasteiger partial charge in [-0.2, -0.15) is 0 Å². The Morgan fingerprint density at radius 2 is 1.29 bits per heavy atom. The van der Waals surface area contributed by atoms with Gasteiger partial charge in [0.2, 0.25) is 0 Å². The Labute approximate surface area is 106 Å². The van der Waals surface area contributed by atoms with E-state index in [1.54, 1.807) is 0 Å². The molecule has 0 amide bonds. The first kappa shape index (κ1) is 17.1. The molecule has 0 saturated carbocycles. The Balaban J connectivity index is -0.000000720. The standard InChI is InChI=1S/C12H25B.Li.H/c1-9(2)7-11(8-10(3)4)12(5,6)13;;/h9-11H,7-8H2,1-6H3;;/q;+1;-1. The molecule has 0 aromatic heterocycles. The van der Waals surface area contributed by atoms with Crippen molar-refractivity contribution in [2.24, 2.45) is 17.8 Å². The summed E-state index contributed by atoms with van der Waals surface area (Å²) < 4.78 is 0. The average molecular weight is 188 g/mol. The topological polar surface area (TPSA) is 0 Å². The monoisotopic (exact) mass is 188 g/mol. The van der Waals surface area contributed by atoms with Crippen molar-refractivity contribution in [1.29, 1.82) is 0 Å². The Morgan fingerprint density at radius 3 is 1.43 bits per heavy atom. The molecule has 0 heterocycles. The largest absolute Gasteiger partial charge is 1.00 e. The van der Waals surface area contributed by atoms with Crippen LogP contribution >= 0.6 is 0 Å². The molecule has 0 fully saturated rings. The van der Waals surface area contributed by atoms with Crippen LogP contribution in [0.25, 0.3) is 0 Å². The van der Waals surface area contributed by atoms with E-state index < -0.39 is 0 Å². The maximum atomic E-state index is 6.18. The Kier molecular flexibility index (Phi) is 8.56. The van der Waals surface area contributed by atoms with E-state index in [0.717, 1.165) is 11.8 Å². The van der Waals surface area contributed by atoms with Crippen molar-refractivity contribution in [3.05, 3.63) is 0 Å². The number of hydrogen-bond donors (Lipinski definition) is 0. The van der Waals surface area contributed by atoms with Gasteiger partial charge < -0.3 is 1.43 Å². The average Bonchev–Trinajstić information content (AvgIpc) is 1.81. The fourth-order valence-corrected chi connectivity index (χ4v) is 1.84. The van der Waals surface area contributed by atoms with Gasteiger partial charge in [-0.25, -0.2) is 0 Å². The van der Waals surface area contributed by atoms with Crippen LogP contribution in [0.15, 0.2) is 0 Å². The molecule has 0 aromatic rings. The first-order chi connectivity index (χ1) is 5.73. The molecule has 0 aliphatic heterocycles. The minimum Gasteiger partial charge on any atom is -1.00 e. The van der Waals surface area contributed by atoms with E-state index >= 15 is 0 Å². The van der Waals surface area contributed by atoms with Crippen molar-refractivity contribution < 1.29 is 20.3 Å². The third-order valence-corrected chi connectivity index (χ3v) is 2.56. The van der Waals surface area contributed by atoms with Crippen molar-refractivity contribution in [2.45, 2.75) is 59.7 Å². The predicted molar refractivity (Wildman–Crippen MR) is 63.3 cm³/mol. The predicted octanol–water partition coefficient (Wildman–Crippen LogP) is 1.18. The number of hydrogen-bond acceptors (Lipinski definition) is 0. The second-order valence-electron chi connectivity index (χ2n) is 5.78. The molecule has 0 aromatic carbocycles. The van der Waals surface area contributed by atoms with E-state index in [1.165, 1.54) is 12.8 Å². The molecule has 0 spiro atoms. The van der Waals surface area contributed by atoms with Crippen LogP contribution in [0.2, 0.25) is 5.31 Å². The summed E-state index contributed by atoms with van der Waals surface area (Å²) >= 11 is 0. The normalized spacial score (nSPS) is 12.4. The Bertz CT molecular complexity index is 131. The Morgan fingerprint density at radius 1 is 1.00 bits per heavy atom. The van der Waals surface area contributed by atoms with E-state index in [1.807, 2.05) is 0 Å². The molecule has 2 heteroatoms. The molecule has 0 atom stereocenters. The van der Waals surface area contributed by atoms with Gasteiger partial charge in [0.15, 0.2) is 0 Å². The van der Waals surface area contributed by atoms with Gasteiger partial charge >= 0.3 is 18.9 Å². The first-order valence-corrected chi connectivity index (χ1v) is 5.52. The summed E-state index contributed by atoms with van der Waals surface area (Å²) in [5.74, 6) is 2.17. The fourth-order valence-electron chi connectivity index (χ4n) is 1.84. The zero-order chi connectivity index (χ0) is 10.6. The summed E-state index contributed by atoms with van der Waals surface area (Å²) in [6.45, 7) is 13.4. The molecule has 0 bridgehead atoms. The van der Waals surface area contributed by atoms with Gasteiger partial charge in [0, 0.05) is 0 Å². The van der Waals surface area contributed by atoms with E-state index in [2.05, 4.69) is 41.5 Å². The third-order valence-electron chi connectivity index (χ3n) is 2.56. The second-order valence-corrected chi connectivity index (χ2v) is 5.78. The molecule has 0 rings (SSSR count). The molecular formula is C12H26BLi. The zero-order valence-corrected chi connectivity index (χ0v) is 11.2. The maximum Gasteiger partial charge on any atom is 1.00 e. The van der Waals surface area contributed by atoms with Crippen LogP contribution < -0.4 is 18.9 Å². The van der Waals surface area contributed by atoms with Crippen LogP contribution in [0.5, 0.6) is 0 Å². The van der Waals surface area contributed by atoms with Crippen molar-refractivity contribution in [3.8, 4) is 0 Å². The van der Waals surface area contributed by atoms with Crippen molar-refractivity contribution >= 4 is 7.85 Å². The minimum absolute atomic E-state index is 0. The fraction of sp³-hybridized carbons (Fsp3) is 1.00. The van der Waals surface area contributed by atoms with Crippen molar-refractivity contribution in [1.82, 2.24) is 0 Å². The van der Waals surface area contributed by atoms with Crippen LogP contribution in [0.1, 0.15) is 55.8 Å². The van der Waals surface area contributed by atoms with Gasteiger partial charge in [0.05, 0.1) is 7.85 Å². The summed E-state index contributed by atoms with van der Waals surface area (Å²) in [6.07, 6.45) is 2.50. The number of rotatable bonds is 5. The molecule has 0 N–H and O–H groups in total. The third kappa shape index (κ3) is 8.01. The minimum atomic E-state index is -0.0193. The van der Waals surface area contributed by atoms with E-state index in [4.69, 9.17) is 7.85 Å². The molecular weight excluding hydrogens is 162 g/mol. The molecule has 0 aliphatic rings. The van der Waals surface area contributed by atoms with Crippen molar-refractivity contribution in [3.63, 3.8) is 0 Å². The van der Waals surface area contributed by atoms with Gasteiger partial charge in [-0.3, -0.25) is 0 Å². The molecule has 0 unspecified atom stereocenters. The van der Waals surface area contributed by atoms with Gasteiger partial charge in [-0.1, -0.05) is 46.9 Å². The molecule has 0 aliphatic carbocycles. The van der Waals surface area contributed by atoms with E-state index in [9.17, 15) is 0 Å². The van der Waals surface area contributed by atoms with Gasteiger partial charge in [-0.15, -0.1) is 0 Å². The van der Waals surface area contributed by atoms with Gasteiger partial charge in [0.1, 0.15) is 0 Å². The summed E-state index contributed by atoms with van der Waals surface area (Å²) in [5.41, 5.74) is 0. The zero-order valence-electron chi connectivity index (χ0n) is 12.2. The van der Waals surface area contributed by atoms with Crippen LogP contribution in [0, 0.1) is 17.8 Å². The summed E-state index contributed by atoms with van der Waals surface area (Å²) in [6, 6.07) is 0. The summed E-state index contributed by atoms with van der Waals surface area (Å²) in [7, 11) is 6.18. The molecule has 0 nitrogen and oxygen atoms in total. The maximum absolute atomic E-state index is 6.18. The quantitative estimate of drug-likeness (QED) is 0.568. The van der Waals surface area contributed by atoms with E-state index in [-0.39, 0.29) is 25.6 Å². The molecule has 78 valence electrons. The van der Waals surface area contributed by atoms with Crippen LogP contribution in [-0.4, -0.2) is 7.85 Å². The molecule has 14 heavy (non-hydrogen) atoms. The van der Waals surface area contributed by atoms with Crippen molar-refractivity contribution in [2.75, 3.05) is 0 Å². The SMILES string of the molecule is [B]C(C)(C)C(CC(C)C)CC(C)C.[H-].[Li+]. The van der Waals surface area contributed by atoms with Crippen LogP contribution in [-0.2, 0) is 0 Å². The second kappa shape index (κ2) is 7.02. The van der Waals surface area contributed by atoms with Crippen LogP contribution in [0.4, 0.5) is 0 Å². The smallest absolute Gasteiger partial charge is 1.00 e. The van der Waals surface area contributed by atoms with Gasteiger partial charge in [0.25, 0.3) is 0 Å².